The fourth-order valence-corrected chi connectivity index (χ4v) is 2.24. The monoisotopic (exact) mass is 270 g/mol. The van der Waals surface area contributed by atoms with E-state index in [-0.39, 0.29) is 10.4 Å². The van der Waals surface area contributed by atoms with Crippen molar-refractivity contribution in [2.75, 3.05) is 12.9 Å². The molecule has 0 aromatic heterocycles. The molecule has 2 rings (SSSR count). The summed E-state index contributed by atoms with van der Waals surface area (Å²) in [5.41, 5.74) is 0.0820. The smallest absolute Gasteiger partial charge is 0.492 e. The standard InChI is InChI=1S/C11H15BO5S/c1-18(15,16)9-4-5-11(10(6-9)12(13)14)17-7-8-2-3-8/h4-6,8,13-14H,2-3,7H2,1H3. The van der Waals surface area contributed by atoms with Gasteiger partial charge in [0.15, 0.2) is 9.84 Å². The molecule has 0 amide bonds. The summed E-state index contributed by atoms with van der Waals surface area (Å²) in [5, 5.41) is 18.5. The minimum absolute atomic E-state index is 0.0457. The van der Waals surface area contributed by atoms with Crippen LogP contribution >= 0.6 is 0 Å². The van der Waals surface area contributed by atoms with Crippen molar-refractivity contribution in [3.05, 3.63) is 18.2 Å². The minimum atomic E-state index is -3.37. The van der Waals surface area contributed by atoms with Gasteiger partial charge in [-0.05, 0) is 37.0 Å². The molecular formula is C11H15BO5S. The van der Waals surface area contributed by atoms with Crippen LogP contribution in [-0.4, -0.2) is 38.4 Å². The second-order valence-electron chi connectivity index (χ2n) is 4.60. The molecule has 1 fully saturated rings. The van der Waals surface area contributed by atoms with Gasteiger partial charge in [-0.3, -0.25) is 0 Å². The van der Waals surface area contributed by atoms with Crippen LogP contribution in [0.5, 0.6) is 5.75 Å². The third kappa shape index (κ3) is 3.25. The van der Waals surface area contributed by atoms with Crippen LogP contribution in [0.2, 0.25) is 0 Å². The molecular weight excluding hydrogens is 255 g/mol. The zero-order valence-corrected chi connectivity index (χ0v) is 10.9. The largest absolute Gasteiger partial charge is 0.494 e. The Bertz CT molecular complexity index is 536. The normalized spacial score (nSPS) is 15.5. The molecule has 1 aliphatic rings. The molecule has 18 heavy (non-hydrogen) atoms. The number of rotatable bonds is 5. The first-order chi connectivity index (χ1) is 8.38. The van der Waals surface area contributed by atoms with E-state index in [0.29, 0.717) is 18.3 Å². The van der Waals surface area contributed by atoms with Gasteiger partial charge in [0.1, 0.15) is 5.75 Å². The topological polar surface area (TPSA) is 83.8 Å². The number of hydrogen-bond donors (Lipinski definition) is 2. The molecule has 7 heteroatoms. The molecule has 0 radical (unpaired) electrons. The summed E-state index contributed by atoms with van der Waals surface area (Å²) < 4.78 is 28.3. The van der Waals surface area contributed by atoms with Crippen LogP contribution in [0.3, 0.4) is 0 Å². The van der Waals surface area contributed by atoms with Gasteiger partial charge in [0, 0.05) is 11.7 Å². The van der Waals surface area contributed by atoms with E-state index in [4.69, 9.17) is 4.74 Å². The maximum Gasteiger partial charge on any atom is 0.492 e. The number of benzene rings is 1. The molecule has 0 unspecified atom stereocenters. The van der Waals surface area contributed by atoms with Crippen LogP contribution in [0.4, 0.5) is 0 Å². The Hall–Kier alpha value is -1.05. The quantitative estimate of drug-likeness (QED) is 0.708. The van der Waals surface area contributed by atoms with E-state index in [2.05, 4.69) is 0 Å². The summed E-state index contributed by atoms with van der Waals surface area (Å²) in [6, 6.07) is 4.11. The van der Waals surface area contributed by atoms with E-state index in [0.717, 1.165) is 19.1 Å². The summed E-state index contributed by atoms with van der Waals surface area (Å²) in [4.78, 5) is 0.0457. The van der Waals surface area contributed by atoms with E-state index in [9.17, 15) is 18.5 Å². The lowest BCUT2D eigenvalue weighted by molar-refractivity contribution is 0.300. The van der Waals surface area contributed by atoms with Crippen molar-refractivity contribution in [3.63, 3.8) is 0 Å². The van der Waals surface area contributed by atoms with Crippen molar-refractivity contribution in [2.45, 2.75) is 17.7 Å². The number of hydrogen-bond acceptors (Lipinski definition) is 5. The highest BCUT2D eigenvalue weighted by Gasteiger charge is 2.25. The summed E-state index contributed by atoms with van der Waals surface area (Å²) in [5.74, 6) is 0.854. The van der Waals surface area contributed by atoms with Crippen molar-refractivity contribution < 1.29 is 23.2 Å². The lowest BCUT2D eigenvalue weighted by Gasteiger charge is -2.12. The summed E-state index contributed by atoms with van der Waals surface area (Å²) >= 11 is 0. The third-order valence-corrected chi connectivity index (χ3v) is 3.97. The second kappa shape index (κ2) is 4.91. The molecule has 1 aromatic rings. The number of ether oxygens (including phenoxy) is 1. The lowest BCUT2D eigenvalue weighted by Crippen LogP contribution is -2.32. The molecule has 0 saturated heterocycles. The van der Waals surface area contributed by atoms with Gasteiger partial charge in [-0.2, -0.15) is 0 Å². The van der Waals surface area contributed by atoms with Crippen LogP contribution in [0, 0.1) is 5.92 Å². The Balaban J connectivity index is 2.28. The maximum atomic E-state index is 11.4. The van der Waals surface area contributed by atoms with Gasteiger partial charge in [0.25, 0.3) is 0 Å². The molecule has 0 spiro atoms. The average Bonchev–Trinajstić information content (AvgIpc) is 3.08. The highest BCUT2D eigenvalue weighted by Crippen LogP contribution is 2.29. The third-order valence-electron chi connectivity index (χ3n) is 2.86. The first-order valence-corrected chi connectivity index (χ1v) is 7.60. The Kier molecular flexibility index (Phi) is 3.65. The van der Waals surface area contributed by atoms with Crippen LogP contribution in [-0.2, 0) is 9.84 Å². The van der Waals surface area contributed by atoms with Gasteiger partial charge in [0.2, 0.25) is 0 Å². The predicted octanol–water partition coefficient (Wildman–Crippen LogP) is -0.441. The van der Waals surface area contributed by atoms with Crippen molar-refractivity contribution in [3.8, 4) is 5.75 Å². The summed E-state index contributed by atoms with van der Waals surface area (Å²) in [6.45, 7) is 0.526. The molecule has 1 saturated carbocycles. The highest BCUT2D eigenvalue weighted by atomic mass is 32.2. The zero-order chi connectivity index (χ0) is 13.3. The van der Waals surface area contributed by atoms with Crippen molar-refractivity contribution >= 4 is 22.4 Å². The van der Waals surface area contributed by atoms with E-state index in [1.807, 2.05) is 0 Å². The van der Waals surface area contributed by atoms with Crippen LogP contribution in [0.1, 0.15) is 12.8 Å². The summed E-state index contributed by atoms with van der Waals surface area (Å²) in [7, 11) is -5.12. The zero-order valence-electron chi connectivity index (χ0n) is 10.0. The van der Waals surface area contributed by atoms with Gasteiger partial charge < -0.3 is 14.8 Å². The molecule has 0 heterocycles. The van der Waals surface area contributed by atoms with Gasteiger partial charge >= 0.3 is 7.12 Å². The first-order valence-electron chi connectivity index (χ1n) is 5.71. The van der Waals surface area contributed by atoms with Gasteiger partial charge in [-0.1, -0.05) is 0 Å². The van der Waals surface area contributed by atoms with E-state index < -0.39 is 17.0 Å². The Labute approximate surface area is 106 Å². The predicted molar refractivity (Wildman–Crippen MR) is 67.6 cm³/mol. The highest BCUT2D eigenvalue weighted by molar-refractivity contribution is 7.90. The molecule has 1 aromatic carbocycles. The van der Waals surface area contributed by atoms with Crippen molar-refractivity contribution in [1.29, 1.82) is 0 Å². The van der Waals surface area contributed by atoms with E-state index >= 15 is 0 Å². The Morgan fingerprint density at radius 2 is 2.06 bits per heavy atom. The van der Waals surface area contributed by atoms with E-state index in [1.165, 1.54) is 18.2 Å². The van der Waals surface area contributed by atoms with Gasteiger partial charge in [0.05, 0.1) is 11.5 Å². The van der Waals surface area contributed by atoms with Crippen LogP contribution in [0.25, 0.3) is 0 Å². The Morgan fingerprint density at radius 1 is 1.39 bits per heavy atom. The van der Waals surface area contributed by atoms with Crippen LogP contribution in [0.15, 0.2) is 23.1 Å². The second-order valence-corrected chi connectivity index (χ2v) is 6.62. The first kappa shape index (κ1) is 13.4. The average molecular weight is 270 g/mol. The molecule has 0 atom stereocenters. The molecule has 5 nitrogen and oxygen atoms in total. The maximum absolute atomic E-state index is 11.4. The molecule has 0 aliphatic heterocycles. The fraction of sp³-hybridized carbons (Fsp3) is 0.455. The fourth-order valence-electron chi connectivity index (χ4n) is 1.58. The SMILES string of the molecule is CS(=O)(=O)c1ccc(OCC2CC2)c(B(O)O)c1. The number of sulfone groups is 1. The molecule has 98 valence electrons. The van der Waals surface area contributed by atoms with Crippen molar-refractivity contribution in [2.24, 2.45) is 5.92 Å². The van der Waals surface area contributed by atoms with E-state index in [1.54, 1.807) is 0 Å². The van der Waals surface area contributed by atoms with Crippen molar-refractivity contribution in [1.82, 2.24) is 0 Å². The van der Waals surface area contributed by atoms with Crippen LogP contribution < -0.4 is 10.2 Å². The minimum Gasteiger partial charge on any atom is -0.494 e. The lowest BCUT2D eigenvalue weighted by atomic mass is 9.79. The van der Waals surface area contributed by atoms with Gasteiger partial charge in [-0.15, -0.1) is 0 Å². The summed E-state index contributed by atoms with van der Waals surface area (Å²) in [6.07, 6.45) is 3.32. The molecule has 1 aliphatic carbocycles. The van der Waals surface area contributed by atoms with Gasteiger partial charge in [-0.25, -0.2) is 8.42 Å². The molecule has 2 N–H and O–H groups in total. The molecule has 0 bridgehead atoms. The Morgan fingerprint density at radius 3 is 2.56 bits per heavy atom.